The smallest absolute Gasteiger partial charge is 0.226 e. The van der Waals surface area contributed by atoms with Gasteiger partial charge in [-0.05, 0) is 76.6 Å². The van der Waals surface area contributed by atoms with E-state index in [0.29, 0.717) is 5.41 Å². The molecular formula is C22H29N5. The largest absolute Gasteiger partial charge is 0.350 e. The van der Waals surface area contributed by atoms with Crippen LogP contribution in [-0.2, 0) is 10.8 Å². The summed E-state index contributed by atoms with van der Waals surface area (Å²) in [6.45, 7) is 3.12. The second kappa shape index (κ2) is 5.99. The molecule has 1 N–H and O–H groups in total. The molecule has 0 amide bonds. The van der Waals surface area contributed by atoms with Crippen LogP contribution in [0.2, 0.25) is 0 Å². The summed E-state index contributed by atoms with van der Waals surface area (Å²) in [6.07, 6.45) is 7.54. The predicted molar refractivity (Wildman–Crippen MR) is 108 cm³/mol. The molecule has 5 nitrogen and oxygen atoms in total. The van der Waals surface area contributed by atoms with E-state index in [1.165, 1.54) is 44.1 Å². The highest BCUT2D eigenvalue weighted by atomic mass is 15.2. The number of hydrogen-bond donors (Lipinski definition) is 1. The molecule has 2 aliphatic carbocycles. The molecule has 1 atom stereocenters. The number of fused-ring (bicyclic) bond motifs is 7. The summed E-state index contributed by atoms with van der Waals surface area (Å²) in [4.78, 5) is 16.8. The Morgan fingerprint density at radius 3 is 2.41 bits per heavy atom. The number of anilines is 1. The van der Waals surface area contributed by atoms with E-state index in [1.54, 1.807) is 0 Å². The molecule has 27 heavy (non-hydrogen) atoms. The summed E-state index contributed by atoms with van der Waals surface area (Å²) in [5, 5.41) is 3.51. The Balaban J connectivity index is 1.57. The molecular weight excluding hydrogens is 334 g/mol. The SMILES string of the molecule is CC(CN(C)C)Nc1nc2nc(n1)C1(CCC3(CC3)c3cccc-2c3)CC1. The third-order valence-corrected chi connectivity index (χ3v) is 6.65. The van der Waals surface area contributed by atoms with Gasteiger partial charge in [-0.1, -0.05) is 18.2 Å². The molecule has 0 saturated heterocycles. The lowest BCUT2D eigenvalue weighted by Crippen LogP contribution is -2.31. The van der Waals surface area contributed by atoms with Gasteiger partial charge in [-0.2, -0.15) is 9.97 Å². The minimum absolute atomic E-state index is 0.185. The maximum absolute atomic E-state index is 4.95. The van der Waals surface area contributed by atoms with Gasteiger partial charge in [0.2, 0.25) is 5.95 Å². The first kappa shape index (κ1) is 17.1. The van der Waals surface area contributed by atoms with Gasteiger partial charge in [0.05, 0.1) is 0 Å². The van der Waals surface area contributed by atoms with Crippen molar-refractivity contribution in [2.24, 2.45) is 0 Å². The molecule has 4 bridgehead atoms. The lowest BCUT2D eigenvalue weighted by atomic mass is 9.84. The van der Waals surface area contributed by atoms with Crippen LogP contribution >= 0.6 is 0 Å². The topological polar surface area (TPSA) is 53.9 Å². The van der Waals surface area contributed by atoms with Crippen LogP contribution in [0.5, 0.6) is 0 Å². The maximum Gasteiger partial charge on any atom is 0.226 e. The Morgan fingerprint density at radius 2 is 1.70 bits per heavy atom. The molecule has 5 rings (SSSR count). The van der Waals surface area contributed by atoms with Crippen molar-refractivity contribution in [3.05, 3.63) is 35.7 Å². The molecule has 5 heteroatoms. The lowest BCUT2D eigenvalue weighted by molar-refractivity contribution is 0.391. The number of rotatable bonds is 4. The average Bonchev–Trinajstić information content (AvgIpc) is 3.54. The highest BCUT2D eigenvalue weighted by Gasteiger charge is 2.52. The maximum atomic E-state index is 4.95. The molecule has 1 aromatic heterocycles. The van der Waals surface area contributed by atoms with Crippen LogP contribution in [0.3, 0.4) is 0 Å². The van der Waals surface area contributed by atoms with E-state index >= 15 is 0 Å². The van der Waals surface area contributed by atoms with Gasteiger partial charge in [-0.15, -0.1) is 0 Å². The van der Waals surface area contributed by atoms with Gasteiger partial charge in [-0.3, -0.25) is 0 Å². The van der Waals surface area contributed by atoms with Crippen LogP contribution in [0.1, 0.15) is 56.8 Å². The number of nitrogens with zero attached hydrogens (tertiary/aromatic N) is 4. The Kier molecular flexibility index (Phi) is 3.80. The zero-order valence-corrected chi connectivity index (χ0v) is 16.6. The number of likely N-dealkylation sites (N-methyl/N-ethyl adjacent to an activating group) is 1. The van der Waals surface area contributed by atoms with Crippen LogP contribution in [0.4, 0.5) is 5.95 Å². The van der Waals surface area contributed by atoms with E-state index in [9.17, 15) is 0 Å². The fraction of sp³-hybridized carbons (Fsp3) is 0.591. The monoisotopic (exact) mass is 363 g/mol. The van der Waals surface area contributed by atoms with Crippen molar-refractivity contribution in [3.8, 4) is 11.4 Å². The molecule has 2 fully saturated rings. The Bertz CT molecular complexity index is 867. The molecule has 2 heterocycles. The van der Waals surface area contributed by atoms with Crippen LogP contribution < -0.4 is 5.32 Å². The summed E-state index contributed by atoms with van der Waals surface area (Å²) in [5.74, 6) is 2.56. The number of nitrogens with one attached hydrogen (secondary N) is 1. The van der Waals surface area contributed by atoms with Gasteiger partial charge in [0.15, 0.2) is 5.82 Å². The molecule has 2 aromatic rings. The molecule has 0 radical (unpaired) electrons. The number of hydrogen-bond acceptors (Lipinski definition) is 5. The standard InChI is InChI=1S/C22H29N5/c1-15(14-27(2)3)23-20-25-18-16-5-4-6-17(13-16)21(7-8-21)9-10-22(11-12-22)19(24-18)26-20/h4-6,13,15H,7-12,14H2,1-3H3,(H,23,24,25,26). The van der Waals surface area contributed by atoms with E-state index in [2.05, 4.69) is 55.5 Å². The van der Waals surface area contributed by atoms with Gasteiger partial charge < -0.3 is 10.2 Å². The second-order valence-corrected chi connectivity index (χ2v) is 9.26. The highest BCUT2D eigenvalue weighted by molar-refractivity contribution is 5.59. The van der Waals surface area contributed by atoms with Crippen LogP contribution in [-0.4, -0.2) is 46.5 Å². The second-order valence-electron chi connectivity index (χ2n) is 9.26. The van der Waals surface area contributed by atoms with Crippen LogP contribution in [0, 0.1) is 0 Å². The van der Waals surface area contributed by atoms with Crippen LogP contribution in [0.15, 0.2) is 24.3 Å². The van der Waals surface area contributed by atoms with Crippen molar-refractivity contribution in [3.63, 3.8) is 0 Å². The predicted octanol–water partition coefficient (Wildman–Crippen LogP) is 3.76. The van der Waals surface area contributed by atoms with Crippen molar-refractivity contribution in [2.75, 3.05) is 26.0 Å². The normalized spacial score (nSPS) is 21.9. The van der Waals surface area contributed by atoms with E-state index < -0.39 is 0 Å². The summed E-state index contributed by atoms with van der Waals surface area (Å²) in [7, 11) is 4.18. The molecule has 2 spiro atoms. The van der Waals surface area contributed by atoms with Crippen molar-refractivity contribution in [1.29, 1.82) is 0 Å². The van der Waals surface area contributed by atoms with Crippen molar-refractivity contribution in [2.45, 2.75) is 62.3 Å². The number of benzene rings is 1. The van der Waals surface area contributed by atoms with Gasteiger partial charge in [-0.25, -0.2) is 4.98 Å². The highest BCUT2D eigenvalue weighted by Crippen LogP contribution is 2.58. The fourth-order valence-corrected chi connectivity index (χ4v) is 4.66. The van der Waals surface area contributed by atoms with Gasteiger partial charge in [0, 0.05) is 23.6 Å². The molecule has 1 aliphatic heterocycles. The van der Waals surface area contributed by atoms with Crippen molar-refractivity contribution < 1.29 is 0 Å². The number of aromatic nitrogens is 3. The first-order valence-corrected chi connectivity index (χ1v) is 10.3. The summed E-state index contributed by atoms with van der Waals surface area (Å²) in [5.41, 5.74) is 3.20. The van der Waals surface area contributed by atoms with E-state index in [-0.39, 0.29) is 11.5 Å². The minimum Gasteiger partial charge on any atom is -0.350 e. The first-order valence-electron chi connectivity index (χ1n) is 10.3. The zero-order chi connectivity index (χ0) is 18.6. The third kappa shape index (κ3) is 3.12. The minimum atomic E-state index is 0.185. The summed E-state index contributed by atoms with van der Waals surface area (Å²) < 4.78 is 0. The first-order chi connectivity index (χ1) is 13.0. The fourth-order valence-electron chi connectivity index (χ4n) is 4.66. The molecule has 1 aromatic carbocycles. The van der Waals surface area contributed by atoms with Gasteiger partial charge in [0.1, 0.15) is 5.82 Å². The summed E-state index contributed by atoms with van der Waals surface area (Å²) in [6, 6.07) is 9.23. The Labute approximate surface area is 161 Å². The zero-order valence-electron chi connectivity index (χ0n) is 16.6. The molecule has 3 aliphatic rings. The average molecular weight is 364 g/mol. The van der Waals surface area contributed by atoms with Crippen molar-refractivity contribution in [1.82, 2.24) is 19.9 Å². The van der Waals surface area contributed by atoms with Crippen LogP contribution in [0.25, 0.3) is 11.4 Å². The third-order valence-electron chi connectivity index (χ3n) is 6.65. The quantitative estimate of drug-likeness (QED) is 0.896. The molecule has 142 valence electrons. The Morgan fingerprint density at radius 1 is 1.00 bits per heavy atom. The lowest BCUT2D eigenvalue weighted by Gasteiger charge is -2.24. The van der Waals surface area contributed by atoms with Crippen molar-refractivity contribution >= 4 is 5.95 Å². The van der Waals surface area contributed by atoms with Gasteiger partial charge in [0.25, 0.3) is 0 Å². The van der Waals surface area contributed by atoms with E-state index in [1.807, 2.05) is 0 Å². The molecule has 2 saturated carbocycles. The van der Waals surface area contributed by atoms with E-state index in [0.717, 1.165) is 29.7 Å². The molecule has 1 unspecified atom stereocenters. The van der Waals surface area contributed by atoms with E-state index in [4.69, 9.17) is 15.0 Å². The summed E-state index contributed by atoms with van der Waals surface area (Å²) >= 11 is 0. The Hall–Kier alpha value is -2.01. The van der Waals surface area contributed by atoms with Gasteiger partial charge >= 0.3 is 0 Å².